The van der Waals surface area contributed by atoms with Crippen molar-refractivity contribution in [2.75, 3.05) is 19.6 Å². The van der Waals surface area contributed by atoms with Gasteiger partial charge in [-0.15, -0.1) is 0 Å². The van der Waals surface area contributed by atoms with Crippen molar-refractivity contribution in [3.63, 3.8) is 0 Å². The quantitative estimate of drug-likeness (QED) is 0.929. The Morgan fingerprint density at radius 3 is 2.48 bits per heavy atom. The summed E-state index contributed by atoms with van der Waals surface area (Å²) < 4.78 is 13.0. The van der Waals surface area contributed by atoms with Crippen molar-refractivity contribution in [3.05, 3.63) is 65.7 Å². The number of carbonyl (C=O) groups excluding carboxylic acids is 2. The maximum atomic E-state index is 13.0. The molecule has 0 saturated carbocycles. The second-order valence-electron chi connectivity index (χ2n) is 6.19. The molecule has 0 aliphatic carbocycles. The van der Waals surface area contributed by atoms with E-state index in [1.54, 1.807) is 29.4 Å². The van der Waals surface area contributed by atoms with Crippen LogP contribution in [0.1, 0.15) is 33.6 Å². The third kappa shape index (κ3) is 4.41. The van der Waals surface area contributed by atoms with Gasteiger partial charge in [0.1, 0.15) is 5.82 Å². The summed E-state index contributed by atoms with van der Waals surface area (Å²) in [6.45, 7) is 1.87. The minimum Gasteiger partial charge on any atom is -0.352 e. The Labute approximate surface area is 145 Å². The third-order valence-corrected chi connectivity index (χ3v) is 4.47. The molecule has 1 aliphatic rings. The van der Waals surface area contributed by atoms with Crippen LogP contribution in [0, 0.1) is 11.7 Å². The minimum atomic E-state index is -0.348. The Morgan fingerprint density at radius 1 is 1.12 bits per heavy atom. The molecule has 1 aliphatic heterocycles. The van der Waals surface area contributed by atoms with Crippen LogP contribution in [0.3, 0.4) is 0 Å². The summed E-state index contributed by atoms with van der Waals surface area (Å²) in [7, 11) is 0. The van der Waals surface area contributed by atoms with Crippen LogP contribution < -0.4 is 5.32 Å². The Bertz CT molecular complexity index is 726. The Morgan fingerprint density at radius 2 is 1.84 bits per heavy atom. The van der Waals surface area contributed by atoms with E-state index in [1.165, 1.54) is 24.3 Å². The van der Waals surface area contributed by atoms with Crippen molar-refractivity contribution in [2.24, 2.45) is 5.92 Å². The van der Waals surface area contributed by atoms with Gasteiger partial charge < -0.3 is 10.2 Å². The van der Waals surface area contributed by atoms with Crippen molar-refractivity contribution < 1.29 is 14.0 Å². The zero-order valence-electron chi connectivity index (χ0n) is 13.8. The molecule has 1 fully saturated rings. The molecule has 6 heteroatoms. The van der Waals surface area contributed by atoms with Crippen molar-refractivity contribution in [1.82, 2.24) is 15.2 Å². The number of nitrogens with zero attached hydrogens (tertiary/aromatic N) is 2. The molecule has 0 unspecified atom stereocenters. The third-order valence-electron chi connectivity index (χ3n) is 4.47. The molecule has 2 heterocycles. The molecule has 1 saturated heterocycles. The minimum absolute atomic E-state index is 0.0714. The van der Waals surface area contributed by atoms with E-state index in [1.807, 2.05) is 0 Å². The number of likely N-dealkylation sites (tertiary alicyclic amines) is 1. The molecule has 25 heavy (non-hydrogen) atoms. The lowest BCUT2D eigenvalue weighted by atomic mass is 9.96. The standard InChI is InChI=1S/C19H20FN3O2/c20-17-5-3-15(4-6-17)19(25)23-10-7-14(8-11-23)12-22-18(24)16-2-1-9-21-13-16/h1-6,9,13-14H,7-8,10-12H2,(H,22,24). The van der Waals surface area contributed by atoms with E-state index in [0.717, 1.165) is 12.8 Å². The topological polar surface area (TPSA) is 62.3 Å². The van der Waals surface area contributed by atoms with Crippen LogP contribution in [0.25, 0.3) is 0 Å². The number of benzene rings is 1. The van der Waals surface area contributed by atoms with Gasteiger partial charge >= 0.3 is 0 Å². The lowest BCUT2D eigenvalue weighted by Gasteiger charge is -2.32. The van der Waals surface area contributed by atoms with Crippen LogP contribution in [0.4, 0.5) is 4.39 Å². The molecule has 0 radical (unpaired) electrons. The molecule has 130 valence electrons. The van der Waals surface area contributed by atoms with Gasteiger partial charge in [-0.3, -0.25) is 14.6 Å². The second-order valence-corrected chi connectivity index (χ2v) is 6.19. The Hall–Kier alpha value is -2.76. The maximum absolute atomic E-state index is 13.0. The number of halogens is 1. The molecule has 2 amide bonds. The van der Waals surface area contributed by atoms with Crippen LogP contribution in [0.5, 0.6) is 0 Å². The van der Waals surface area contributed by atoms with Crippen molar-refractivity contribution in [2.45, 2.75) is 12.8 Å². The van der Waals surface area contributed by atoms with Crippen LogP contribution >= 0.6 is 0 Å². The second kappa shape index (κ2) is 7.88. The lowest BCUT2D eigenvalue weighted by molar-refractivity contribution is 0.0684. The first-order valence-corrected chi connectivity index (χ1v) is 8.36. The van der Waals surface area contributed by atoms with Gasteiger partial charge in [-0.2, -0.15) is 0 Å². The van der Waals surface area contributed by atoms with Crippen molar-refractivity contribution >= 4 is 11.8 Å². The van der Waals surface area contributed by atoms with Crippen molar-refractivity contribution in [1.29, 1.82) is 0 Å². The fourth-order valence-corrected chi connectivity index (χ4v) is 2.95. The summed E-state index contributed by atoms with van der Waals surface area (Å²) in [5.41, 5.74) is 1.05. The number of nitrogens with one attached hydrogen (secondary N) is 1. The highest BCUT2D eigenvalue weighted by atomic mass is 19.1. The summed E-state index contributed by atoms with van der Waals surface area (Å²) >= 11 is 0. The van der Waals surface area contributed by atoms with E-state index in [4.69, 9.17) is 0 Å². The molecule has 1 aromatic heterocycles. The monoisotopic (exact) mass is 341 g/mol. The summed E-state index contributed by atoms with van der Waals surface area (Å²) in [6.07, 6.45) is 4.84. The number of piperidine rings is 1. The van der Waals surface area contributed by atoms with E-state index in [0.29, 0.717) is 36.7 Å². The Balaban J connectivity index is 1.46. The average Bonchev–Trinajstić information content (AvgIpc) is 2.67. The summed E-state index contributed by atoms with van der Waals surface area (Å²) in [6, 6.07) is 9.08. The van der Waals surface area contributed by atoms with E-state index in [-0.39, 0.29) is 17.6 Å². The van der Waals surface area contributed by atoms with E-state index >= 15 is 0 Å². The zero-order chi connectivity index (χ0) is 17.6. The molecule has 5 nitrogen and oxygen atoms in total. The number of aromatic nitrogens is 1. The molecule has 0 bridgehead atoms. The van der Waals surface area contributed by atoms with Gasteiger partial charge in [0.25, 0.3) is 11.8 Å². The number of amides is 2. The fraction of sp³-hybridized carbons (Fsp3) is 0.316. The summed E-state index contributed by atoms with van der Waals surface area (Å²) in [5, 5.41) is 2.93. The lowest BCUT2D eigenvalue weighted by Crippen LogP contribution is -2.41. The average molecular weight is 341 g/mol. The van der Waals surface area contributed by atoms with Gasteiger partial charge in [-0.05, 0) is 55.2 Å². The fourth-order valence-electron chi connectivity index (χ4n) is 2.95. The van der Waals surface area contributed by atoms with Crippen LogP contribution in [0.2, 0.25) is 0 Å². The van der Waals surface area contributed by atoms with E-state index in [2.05, 4.69) is 10.3 Å². The number of rotatable bonds is 4. The van der Waals surface area contributed by atoms with Gasteiger partial charge in [-0.1, -0.05) is 0 Å². The predicted octanol–water partition coefficient (Wildman–Crippen LogP) is 2.50. The number of hydrogen-bond donors (Lipinski definition) is 1. The first-order chi connectivity index (χ1) is 12.1. The Kier molecular flexibility index (Phi) is 5.38. The molecule has 0 spiro atoms. The molecule has 1 N–H and O–H groups in total. The number of pyridine rings is 1. The summed E-state index contributed by atoms with van der Waals surface area (Å²) in [5.74, 6) is -0.201. The summed E-state index contributed by atoms with van der Waals surface area (Å²) in [4.78, 5) is 30.1. The molecular weight excluding hydrogens is 321 g/mol. The molecule has 2 aromatic rings. The molecular formula is C19H20FN3O2. The van der Waals surface area contributed by atoms with Crippen LogP contribution in [-0.4, -0.2) is 41.3 Å². The smallest absolute Gasteiger partial charge is 0.253 e. The van der Waals surface area contributed by atoms with E-state index in [9.17, 15) is 14.0 Å². The van der Waals surface area contributed by atoms with Gasteiger partial charge in [0, 0.05) is 37.6 Å². The highest BCUT2D eigenvalue weighted by Crippen LogP contribution is 2.19. The SMILES string of the molecule is O=C(NCC1CCN(C(=O)c2ccc(F)cc2)CC1)c1cccnc1. The van der Waals surface area contributed by atoms with Gasteiger partial charge in [0.15, 0.2) is 0 Å². The van der Waals surface area contributed by atoms with Gasteiger partial charge in [0.05, 0.1) is 5.56 Å². The van der Waals surface area contributed by atoms with Crippen LogP contribution in [-0.2, 0) is 0 Å². The maximum Gasteiger partial charge on any atom is 0.253 e. The van der Waals surface area contributed by atoms with Crippen molar-refractivity contribution in [3.8, 4) is 0 Å². The van der Waals surface area contributed by atoms with Gasteiger partial charge in [0.2, 0.25) is 0 Å². The zero-order valence-corrected chi connectivity index (χ0v) is 13.8. The highest BCUT2D eigenvalue weighted by Gasteiger charge is 2.24. The molecule has 1 aromatic carbocycles. The normalized spacial score (nSPS) is 15.0. The molecule has 3 rings (SSSR count). The molecule has 0 atom stereocenters. The number of hydrogen-bond acceptors (Lipinski definition) is 3. The largest absolute Gasteiger partial charge is 0.352 e. The first kappa shape index (κ1) is 17.1. The predicted molar refractivity (Wildman–Crippen MR) is 91.6 cm³/mol. The highest BCUT2D eigenvalue weighted by molar-refractivity contribution is 5.94. The van der Waals surface area contributed by atoms with Gasteiger partial charge in [-0.25, -0.2) is 4.39 Å². The number of carbonyl (C=O) groups is 2. The van der Waals surface area contributed by atoms with Crippen LogP contribution in [0.15, 0.2) is 48.8 Å². The van der Waals surface area contributed by atoms with E-state index < -0.39 is 0 Å². The first-order valence-electron chi connectivity index (χ1n) is 8.36.